The van der Waals surface area contributed by atoms with Crippen molar-refractivity contribution in [1.82, 2.24) is 40.3 Å². The molecule has 0 aliphatic heterocycles. The first-order chi connectivity index (χ1) is 23.0. The minimum atomic E-state index is -0.999. The van der Waals surface area contributed by atoms with E-state index in [-0.39, 0.29) is 18.1 Å². The number of aryl methyl sites for hydroxylation is 4. The van der Waals surface area contributed by atoms with Crippen LogP contribution in [0.1, 0.15) is 72.7 Å². The maximum atomic E-state index is 14.1. The normalized spacial score (nSPS) is 13.5. The van der Waals surface area contributed by atoms with Crippen molar-refractivity contribution in [3.8, 4) is 5.75 Å². The van der Waals surface area contributed by atoms with Crippen LogP contribution in [0.2, 0.25) is 0 Å². The summed E-state index contributed by atoms with van der Waals surface area (Å²) in [6.07, 6.45) is 14.1. The molecule has 0 unspecified atom stereocenters. The Hall–Kier alpha value is -5.24. The van der Waals surface area contributed by atoms with Crippen molar-refractivity contribution in [2.75, 3.05) is 5.73 Å². The number of aromatic nitrogens is 6. The zero-order valence-corrected chi connectivity index (χ0v) is 27.8. The molecule has 48 heavy (non-hydrogen) atoms. The lowest BCUT2D eigenvalue weighted by Crippen LogP contribution is -2.53. The second-order valence-corrected chi connectivity index (χ2v) is 12.0. The van der Waals surface area contributed by atoms with Crippen LogP contribution in [0, 0.1) is 13.8 Å². The number of phenols is 1. The molecule has 0 saturated carbocycles. The molecule has 0 fully saturated rings. The van der Waals surface area contributed by atoms with E-state index in [2.05, 4.69) is 48.4 Å². The van der Waals surface area contributed by atoms with E-state index >= 15 is 0 Å². The molecule has 8 N–H and O–H groups in total. The summed E-state index contributed by atoms with van der Waals surface area (Å²) in [5.74, 6) is 0.360. The summed E-state index contributed by atoms with van der Waals surface area (Å²) < 4.78 is 7.41. The van der Waals surface area contributed by atoms with Crippen molar-refractivity contribution in [2.24, 2.45) is 5.73 Å². The van der Waals surface area contributed by atoms with Gasteiger partial charge < -0.3 is 41.3 Å². The summed E-state index contributed by atoms with van der Waals surface area (Å²) in [6, 6.07) is 0.681. The molecule has 3 aromatic heterocycles. The first kappa shape index (κ1) is 35.6. The van der Waals surface area contributed by atoms with Crippen LogP contribution in [0.3, 0.4) is 0 Å². The molecular formula is C34H46N10O4. The molecule has 0 aliphatic carbocycles. The lowest BCUT2D eigenvalue weighted by Gasteiger charge is -2.24. The third-order valence-electron chi connectivity index (χ3n) is 8.19. The maximum Gasteiger partial charge on any atom is 0.249 e. The molecule has 3 atom stereocenters. The predicted molar refractivity (Wildman–Crippen MR) is 181 cm³/mol. The van der Waals surface area contributed by atoms with E-state index in [0.717, 1.165) is 40.8 Å². The van der Waals surface area contributed by atoms with Crippen LogP contribution in [-0.4, -0.2) is 58.7 Å². The summed E-state index contributed by atoms with van der Waals surface area (Å²) >= 11 is 0. The molecule has 256 valence electrons. The summed E-state index contributed by atoms with van der Waals surface area (Å²) in [7, 11) is 0. The van der Waals surface area contributed by atoms with Crippen molar-refractivity contribution < 1.29 is 19.2 Å². The van der Waals surface area contributed by atoms with Crippen LogP contribution in [0.25, 0.3) is 0 Å². The molecule has 0 radical (unpaired) electrons. The number of nitrogen functional groups attached to an aromatic ring is 1. The van der Waals surface area contributed by atoms with Gasteiger partial charge in [0.1, 0.15) is 17.8 Å². The highest BCUT2D eigenvalue weighted by Crippen LogP contribution is 2.23. The van der Waals surface area contributed by atoms with Gasteiger partial charge >= 0.3 is 0 Å². The Labute approximate surface area is 280 Å². The van der Waals surface area contributed by atoms with E-state index in [9.17, 15) is 14.7 Å². The Balaban J connectivity index is 1.51. The quantitative estimate of drug-likeness (QED) is 0.0677. The Bertz CT molecular complexity index is 1670. The van der Waals surface area contributed by atoms with Crippen molar-refractivity contribution >= 4 is 17.8 Å². The average Bonchev–Trinajstić information content (AvgIpc) is 3.83. The monoisotopic (exact) mass is 658 g/mol. The van der Waals surface area contributed by atoms with Gasteiger partial charge in [-0.1, -0.05) is 29.5 Å². The molecule has 14 heteroatoms. The molecule has 4 rings (SSSR count). The number of aromatic hydroxyl groups is 1. The number of nitrogens with zero attached hydrogens (tertiary/aromatic N) is 5. The number of carbonyl (C=O) groups is 2. The maximum absolute atomic E-state index is 14.1. The molecule has 0 aliphatic rings. The Morgan fingerprint density at radius 1 is 1.17 bits per heavy atom. The van der Waals surface area contributed by atoms with Crippen LogP contribution in [0.5, 0.6) is 5.75 Å². The Morgan fingerprint density at radius 3 is 2.60 bits per heavy atom. The number of H-pyrrole nitrogens is 1. The number of amides is 2. The molecule has 1 aromatic carbocycles. The van der Waals surface area contributed by atoms with Gasteiger partial charge in [-0.3, -0.25) is 9.59 Å². The van der Waals surface area contributed by atoms with Crippen molar-refractivity contribution in [3.63, 3.8) is 0 Å². The fourth-order valence-electron chi connectivity index (χ4n) is 5.40. The largest absolute Gasteiger partial charge is 0.508 e. The van der Waals surface area contributed by atoms with E-state index in [1.54, 1.807) is 41.6 Å². The highest BCUT2D eigenvalue weighted by atomic mass is 16.5. The van der Waals surface area contributed by atoms with E-state index < -0.39 is 29.9 Å². The highest BCUT2D eigenvalue weighted by molar-refractivity contribution is 5.90. The van der Waals surface area contributed by atoms with E-state index in [1.165, 1.54) is 0 Å². The molecule has 2 amide bonds. The number of allylic oxidation sites excluding steroid dienone is 3. The number of benzene rings is 1. The van der Waals surface area contributed by atoms with Crippen molar-refractivity contribution in [2.45, 2.75) is 90.4 Å². The van der Waals surface area contributed by atoms with Gasteiger partial charge in [-0.25, -0.2) is 9.97 Å². The van der Waals surface area contributed by atoms with E-state index in [1.807, 2.05) is 26.8 Å². The summed E-state index contributed by atoms with van der Waals surface area (Å²) in [5, 5.41) is 20.2. The zero-order valence-electron chi connectivity index (χ0n) is 27.8. The Kier molecular flexibility index (Phi) is 12.7. The summed E-state index contributed by atoms with van der Waals surface area (Å²) in [4.78, 5) is 43.2. The van der Waals surface area contributed by atoms with Crippen LogP contribution in [0.4, 0.5) is 5.95 Å². The lowest BCUT2D eigenvalue weighted by atomic mass is 9.95. The number of rotatable bonds is 18. The zero-order chi connectivity index (χ0) is 34.6. The van der Waals surface area contributed by atoms with Gasteiger partial charge in [0, 0.05) is 50.1 Å². The lowest BCUT2D eigenvalue weighted by molar-refractivity contribution is -0.130. The number of nitrogens with one attached hydrogen (secondary N) is 3. The molecule has 0 bridgehead atoms. The van der Waals surface area contributed by atoms with Gasteiger partial charge in [0.25, 0.3) is 0 Å². The molecule has 4 aromatic rings. The van der Waals surface area contributed by atoms with Gasteiger partial charge in [-0.05, 0) is 75.3 Å². The fraction of sp³-hybridized carbons (Fsp3) is 0.412. The van der Waals surface area contributed by atoms with E-state index in [4.69, 9.17) is 16.0 Å². The first-order valence-corrected chi connectivity index (χ1v) is 16.0. The van der Waals surface area contributed by atoms with Crippen molar-refractivity contribution in [1.29, 1.82) is 0 Å². The second kappa shape index (κ2) is 17.1. The number of hydrogen-bond donors (Lipinski definition) is 6. The van der Waals surface area contributed by atoms with Crippen LogP contribution < -0.4 is 22.1 Å². The summed E-state index contributed by atoms with van der Waals surface area (Å²) in [6.45, 7) is 10.0. The highest BCUT2D eigenvalue weighted by Gasteiger charge is 2.30. The van der Waals surface area contributed by atoms with Gasteiger partial charge in [0.2, 0.25) is 17.7 Å². The minimum absolute atomic E-state index is 0.123. The minimum Gasteiger partial charge on any atom is -0.508 e. The van der Waals surface area contributed by atoms with Crippen LogP contribution >= 0.6 is 0 Å². The number of aromatic amines is 1. The first-order valence-electron chi connectivity index (χ1n) is 16.0. The summed E-state index contributed by atoms with van der Waals surface area (Å²) in [5.41, 5.74) is 16.4. The van der Waals surface area contributed by atoms with Crippen molar-refractivity contribution in [3.05, 3.63) is 95.5 Å². The van der Waals surface area contributed by atoms with E-state index in [0.29, 0.717) is 44.0 Å². The molecule has 3 heterocycles. The average molecular weight is 659 g/mol. The predicted octanol–water partition coefficient (Wildman–Crippen LogP) is 3.28. The number of imidazole rings is 2. The second-order valence-electron chi connectivity index (χ2n) is 12.0. The van der Waals surface area contributed by atoms with Gasteiger partial charge in [-0.15, -0.1) is 0 Å². The molecular weight excluding hydrogens is 612 g/mol. The molecule has 14 nitrogen and oxygen atoms in total. The number of unbranched alkanes of at least 4 members (excludes halogenated alkanes) is 1. The third-order valence-corrected chi connectivity index (χ3v) is 8.19. The number of nitrogens with two attached hydrogens (primary N) is 2. The number of carbonyl (C=O) groups excluding carboxylic acids is 2. The number of anilines is 1. The molecule has 0 saturated heterocycles. The SMILES string of the molecule is C=C/C(C)=C\CCCc1noc([C@H](Cc2cnc[nH]2)NC(=O)[C@H](Cc2c(C)cc(O)cc2C)NC(=O)[C@H](N)CCCn2ccnc2N)n1. The standard InChI is InChI=1S/C34H46N10O4/c1-5-21(2)9-6-7-11-30-42-33(48-43-30)29(17-24-19-37-20-39-24)41-32(47)28(18-26-22(3)15-25(45)16-23(26)4)40-31(46)27(35)10-8-13-44-14-12-38-34(44)36/h5,9,12,14-16,19-20,27-29,45H,1,6-8,10-11,13,17-18,35H2,2-4H3,(H2,36,38)(H,37,39)(H,40,46)(H,41,47)/b21-9-/t27-,28+,29+/m1/s1. The smallest absolute Gasteiger partial charge is 0.249 e. The fourth-order valence-corrected chi connectivity index (χ4v) is 5.40. The van der Waals surface area contributed by atoms with Gasteiger partial charge in [0.15, 0.2) is 11.8 Å². The topological polar surface area (TPSA) is 216 Å². The Morgan fingerprint density at radius 2 is 1.94 bits per heavy atom. The number of phenolic OH excluding ortho intramolecular Hbond substituents is 1. The van der Waals surface area contributed by atoms with Gasteiger partial charge in [0.05, 0.1) is 12.4 Å². The number of hydrogen-bond acceptors (Lipinski definition) is 10. The van der Waals surface area contributed by atoms with Crippen LogP contribution in [-0.2, 0) is 35.4 Å². The van der Waals surface area contributed by atoms with Gasteiger partial charge in [-0.2, -0.15) is 4.98 Å². The molecule has 0 spiro atoms. The van der Waals surface area contributed by atoms with Crippen LogP contribution in [0.15, 0.2) is 65.9 Å². The third kappa shape index (κ3) is 10.1.